The Morgan fingerprint density at radius 1 is 1.06 bits per heavy atom. The molecule has 2 aliphatic rings. The van der Waals surface area contributed by atoms with Crippen LogP contribution < -0.4 is 20.1 Å². The van der Waals surface area contributed by atoms with Crippen molar-refractivity contribution in [1.29, 1.82) is 0 Å². The molecule has 2 aromatic carbocycles. The first kappa shape index (κ1) is 23.3. The number of halogens is 1. The van der Waals surface area contributed by atoms with Crippen LogP contribution in [0.3, 0.4) is 0 Å². The van der Waals surface area contributed by atoms with Crippen LogP contribution in [0.5, 0.6) is 11.5 Å². The molecule has 5 rings (SSSR count). The first-order chi connectivity index (χ1) is 16.3. The second-order valence-corrected chi connectivity index (χ2v) is 11.6. The number of thiocarbonyl (C=S) groups is 1. The minimum Gasteiger partial charge on any atom is -0.454 e. The van der Waals surface area contributed by atoms with Crippen LogP contribution in [-0.2, 0) is 10.0 Å². The number of amides is 1. The maximum absolute atomic E-state index is 12.8. The lowest BCUT2D eigenvalue weighted by atomic mass is 10.2. The highest BCUT2D eigenvalue weighted by Gasteiger charge is 2.26. The highest BCUT2D eigenvalue weighted by Crippen LogP contribution is 2.43. The molecule has 178 valence electrons. The van der Waals surface area contributed by atoms with Gasteiger partial charge >= 0.3 is 0 Å². The lowest BCUT2D eigenvalue weighted by Crippen LogP contribution is -2.35. The first-order valence-corrected chi connectivity index (χ1v) is 13.6. The Kier molecular flexibility index (Phi) is 6.38. The number of nitrogens with zero attached hydrogens (tertiary/aromatic N) is 1. The van der Waals surface area contributed by atoms with Crippen LogP contribution in [0.1, 0.15) is 28.9 Å². The number of fused-ring (bicyclic) bond motifs is 2. The quantitative estimate of drug-likeness (QED) is 0.470. The van der Waals surface area contributed by atoms with Crippen molar-refractivity contribution >= 4 is 72.0 Å². The van der Waals surface area contributed by atoms with E-state index in [1.807, 2.05) is 0 Å². The average molecular weight is 538 g/mol. The monoisotopic (exact) mass is 537 g/mol. The molecule has 8 nitrogen and oxygen atoms in total. The van der Waals surface area contributed by atoms with Gasteiger partial charge in [-0.3, -0.25) is 10.1 Å². The van der Waals surface area contributed by atoms with Crippen LogP contribution in [-0.4, -0.2) is 43.6 Å². The summed E-state index contributed by atoms with van der Waals surface area (Å²) >= 11 is 12.9. The minimum absolute atomic E-state index is 0.0688. The molecule has 0 atom stereocenters. The van der Waals surface area contributed by atoms with Crippen LogP contribution in [0.4, 0.5) is 5.69 Å². The topological polar surface area (TPSA) is 97.0 Å². The normalized spacial score (nSPS) is 15.9. The lowest BCUT2D eigenvalue weighted by Gasteiger charge is -2.25. The van der Waals surface area contributed by atoms with E-state index in [1.165, 1.54) is 27.8 Å². The smallest absolute Gasteiger partial charge is 0.269 e. The SMILES string of the molecule is O=C(NC(=S)Nc1ccc(S(=O)(=O)N2CCCCC2)cc1)c1sc2cc3c(cc2c1Cl)OCO3. The van der Waals surface area contributed by atoms with Crippen molar-refractivity contribution < 1.29 is 22.7 Å². The summed E-state index contributed by atoms with van der Waals surface area (Å²) in [4.78, 5) is 13.3. The number of ether oxygens (including phenoxy) is 2. The number of anilines is 1. The fourth-order valence-corrected chi connectivity index (χ4v) is 7.03. The minimum atomic E-state index is -3.51. The van der Waals surface area contributed by atoms with E-state index >= 15 is 0 Å². The zero-order chi connectivity index (χ0) is 23.9. The molecule has 34 heavy (non-hydrogen) atoms. The van der Waals surface area contributed by atoms with Crippen molar-refractivity contribution in [2.45, 2.75) is 24.2 Å². The Morgan fingerprint density at radius 3 is 2.44 bits per heavy atom. The van der Waals surface area contributed by atoms with E-state index < -0.39 is 15.9 Å². The third-order valence-corrected chi connectivity index (χ3v) is 9.39. The molecule has 0 aliphatic carbocycles. The van der Waals surface area contributed by atoms with Crippen LogP contribution in [0.2, 0.25) is 5.02 Å². The maximum Gasteiger partial charge on any atom is 0.269 e. The number of nitrogens with one attached hydrogen (secondary N) is 2. The summed E-state index contributed by atoms with van der Waals surface area (Å²) in [5.74, 6) is 0.748. The largest absolute Gasteiger partial charge is 0.454 e. The van der Waals surface area contributed by atoms with Gasteiger partial charge in [0.05, 0.1) is 9.92 Å². The summed E-state index contributed by atoms with van der Waals surface area (Å²) in [5.41, 5.74) is 0.552. The van der Waals surface area contributed by atoms with E-state index in [4.69, 9.17) is 33.3 Å². The molecule has 0 radical (unpaired) electrons. The molecule has 0 unspecified atom stereocenters. The summed E-state index contributed by atoms with van der Waals surface area (Å²) in [6, 6.07) is 9.84. The standard InChI is InChI=1S/C22H20ClN3O5S3/c23-19-15-10-16-17(31-12-30-16)11-18(15)33-20(19)21(27)25-22(32)24-13-4-6-14(7-5-13)34(28,29)26-8-2-1-3-9-26/h4-7,10-11H,1-3,8-9,12H2,(H2,24,25,27,32). The second-order valence-electron chi connectivity index (χ2n) is 7.84. The molecular formula is C22H20ClN3O5S3. The number of rotatable bonds is 4. The number of sulfonamides is 1. The van der Waals surface area contributed by atoms with Crippen molar-refractivity contribution in [3.8, 4) is 11.5 Å². The summed E-state index contributed by atoms with van der Waals surface area (Å²) in [7, 11) is -3.51. The summed E-state index contributed by atoms with van der Waals surface area (Å²) in [6.45, 7) is 1.24. The molecule has 12 heteroatoms. The molecule has 1 aromatic heterocycles. The van der Waals surface area contributed by atoms with Gasteiger partial charge in [0.1, 0.15) is 4.88 Å². The van der Waals surface area contributed by atoms with Gasteiger partial charge in [0.25, 0.3) is 5.91 Å². The van der Waals surface area contributed by atoms with Crippen LogP contribution in [0, 0.1) is 0 Å². The molecule has 0 bridgehead atoms. The van der Waals surface area contributed by atoms with E-state index in [0.29, 0.717) is 45.6 Å². The molecule has 2 aliphatic heterocycles. The van der Waals surface area contributed by atoms with Crippen molar-refractivity contribution in [3.05, 3.63) is 46.3 Å². The molecular weight excluding hydrogens is 518 g/mol. The second kappa shape index (κ2) is 9.31. The van der Waals surface area contributed by atoms with E-state index in [0.717, 1.165) is 24.0 Å². The van der Waals surface area contributed by atoms with Gasteiger partial charge in [-0.25, -0.2) is 8.42 Å². The molecule has 3 heterocycles. The number of carbonyl (C=O) groups is 1. The Balaban J connectivity index is 1.25. The van der Waals surface area contributed by atoms with Gasteiger partial charge < -0.3 is 14.8 Å². The maximum atomic E-state index is 12.8. The third-order valence-electron chi connectivity index (χ3n) is 5.62. The molecule has 1 amide bonds. The van der Waals surface area contributed by atoms with E-state index in [9.17, 15) is 13.2 Å². The van der Waals surface area contributed by atoms with Gasteiger partial charge in [-0.1, -0.05) is 18.0 Å². The van der Waals surface area contributed by atoms with Gasteiger partial charge in [-0.05, 0) is 55.4 Å². The summed E-state index contributed by atoms with van der Waals surface area (Å²) in [6.07, 6.45) is 2.80. The first-order valence-electron chi connectivity index (χ1n) is 10.6. The number of benzene rings is 2. The van der Waals surface area contributed by atoms with Crippen molar-refractivity contribution in [3.63, 3.8) is 0 Å². The van der Waals surface area contributed by atoms with Crippen molar-refractivity contribution in [2.75, 3.05) is 25.2 Å². The number of hydrogen-bond acceptors (Lipinski definition) is 7. The summed E-state index contributed by atoms with van der Waals surface area (Å²) < 4.78 is 38.7. The van der Waals surface area contributed by atoms with Crippen molar-refractivity contribution in [1.82, 2.24) is 9.62 Å². The molecule has 2 N–H and O–H groups in total. The lowest BCUT2D eigenvalue weighted by molar-refractivity contribution is 0.0982. The number of hydrogen-bond donors (Lipinski definition) is 2. The predicted octanol–water partition coefficient (Wildman–Crippen LogP) is 4.58. The molecule has 1 fully saturated rings. The summed E-state index contributed by atoms with van der Waals surface area (Å²) in [5, 5.41) is 6.60. The van der Waals surface area contributed by atoms with Gasteiger partial charge in [0, 0.05) is 34.9 Å². The zero-order valence-electron chi connectivity index (χ0n) is 17.8. The van der Waals surface area contributed by atoms with Crippen molar-refractivity contribution in [2.24, 2.45) is 0 Å². The van der Waals surface area contributed by atoms with Crippen LogP contribution >= 0.6 is 35.2 Å². The van der Waals surface area contributed by atoms with E-state index in [1.54, 1.807) is 24.3 Å². The highest BCUT2D eigenvalue weighted by atomic mass is 35.5. The number of thiophene rings is 1. The predicted molar refractivity (Wildman–Crippen MR) is 136 cm³/mol. The Morgan fingerprint density at radius 2 is 1.74 bits per heavy atom. The fraction of sp³-hybridized carbons (Fsp3) is 0.273. The molecule has 3 aromatic rings. The molecule has 0 spiro atoms. The highest BCUT2D eigenvalue weighted by molar-refractivity contribution is 7.89. The van der Waals surface area contributed by atoms with Gasteiger partial charge in [-0.15, -0.1) is 11.3 Å². The fourth-order valence-electron chi connectivity index (χ4n) is 3.89. The van der Waals surface area contributed by atoms with Gasteiger partial charge in [-0.2, -0.15) is 4.31 Å². The molecule has 0 saturated carbocycles. The van der Waals surface area contributed by atoms with Crippen LogP contribution in [0.15, 0.2) is 41.3 Å². The van der Waals surface area contributed by atoms with E-state index in [-0.39, 0.29) is 16.8 Å². The zero-order valence-corrected chi connectivity index (χ0v) is 21.0. The van der Waals surface area contributed by atoms with E-state index in [2.05, 4.69) is 10.6 Å². The average Bonchev–Trinajstić information content (AvgIpc) is 3.42. The molecule has 1 saturated heterocycles. The number of carbonyl (C=O) groups excluding carboxylic acids is 1. The van der Waals surface area contributed by atoms with Gasteiger partial charge in [0.15, 0.2) is 16.6 Å². The Bertz CT molecular complexity index is 1380. The third kappa shape index (κ3) is 4.46. The number of piperidine rings is 1. The Hall–Kier alpha value is -2.44. The van der Waals surface area contributed by atoms with Gasteiger partial charge in [0.2, 0.25) is 16.8 Å². The Labute approximate surface area is 210 Å². The van der Waals surface area contributed by atoms with Crippen LogP contribution in [0.25, 0.3) is 10.1 Å².